The molecule has 0 radical (unpaired) electrons. The number of nitro benzene ring substituents is 1. The molecular weight excluding hydrogens is 347 g/mol. The van der Waals surface area contributed by atoms with E-state index in [0.29, 0.717) is 5.69 Å². The van der Waals surface area contributed by atoms with Gasteiger partial charge in [0.05, 0.1) is 20.6 Å². The molecule has 0 fully saturated rings. The summed E-state index contributed by atoms with van der Waals surface area (Å²) in [5.41, 5.74) is 0.0752. The number of aromatic carboxylic acids is 1. The minimum Gasteiger partial charge on any atom is -0.478 e. The molecule has 0 unspecified atom stereocenters. The number of hydrogen-bond acceptors (Lipinski definition) is 4. The SMILES string of the molecule is O=C(O)c1ccc([N+](=O)[O-])cc1Nc1ccc(F)c(Br)c1. The van der Waals surface area contributed by atoms with Gasteiger partial charge in [-0.15, -0.1) is 0 Å². The van der Waals surface area contributed by atoms with Crippen LogP contribution < -0.4 is 5.32 Å². The van der Waals surface area contributed by atoms with Crippen LogP contribution in [0.25, 0.3) is 0 Å². The number of nitrogens with one attached hydrogen (secondary N) is 1. The van der Waals surface area contributed by atoms with E-state index >= 15 is 0 Å². The van der Waals surface area contributed by atoms with Gasteiger partial charge in [0.1, 0.15) is 5.82 Å². The number of nitro groups is 1. The minimum atomic E-state index is -1.23. The maximum Gasteiger partial charge on any atom is 0.337 e. The quantitative estimate of drug-likeness (QED) is 0.640. The van der Waals surface area contributed by atoms with E-state index in [0.717, 1.165) is 18.2 Å². The first-order valence-corrected chi connectivity index (χ1v) is 6.41. The van der Waals surface area contributed by atoms with Crippen molar-refractivity contribution in [3.8, 4) is 0 Å². The van der Waals surface area contributed by atoms with Crippen molar-refractivity contribution in [3.05, 3.63) is 62.4 Å². The highest BCUT2D eigenvalue weighted by atomic mass is 79.9. The molecule has 0 spiro atoms. The standard InChI is InChI=1S/C13H8BrFN2O4/c14-10-5-7(1-4-11(10)15)16-12-6-8(17(20)21)2-3-9(12)13(18)19/h1-6,16H,(H,18,19). The highest BCUT2D eigenvalue weighted by Gasteiger charge is 2.15. The van der Waals surface area contributed by atoms with Crippen molar-refractivity contribution in [1.29, 1.82) is 0 Å². The Kier molecular flexibility index (Phi) is 4.18. The fourth-order valence-electron chi connectivity index (χ4n) is 1.67. The summed E-state index contributed by atoms with van der Waals surface area (Å²) >= 11 is 3.01. The maximum atomic E-state index is 13.2. The van der Waals surface area contributed by atoms with Gasteiger partial charge in [-0.05, 0) is 40.2 Å². The zero-order valence-electron chi connectivity index (χ0n) is 10.3. The molecule has 8 heteroatoms. The fraction of sp³-hybridized carbons (Fsp3) is 0. The Morgan fingerprint density at radius 3 is 2.57 bits per heavy atom. The van der Waals surface area contributed by atoms with Gasteiger partial charge in [0, 0.05) is 17.8 Å². The van der Waals surface area contributed by atoms with Gasteiger partial charge in [-0.1, -0.05) is 0 Å². The third-order valence-corrected chi connectivity index (χ3v) is 3.25. The molecule has 2 rings (SSSR count). The van der Waals surface area contributed by atoms with E-state index < -0.39 is 16.7 Å². The number of benzene rings is 2. The molecule has 0 aliphatic rings. The van der Waals surface area contributed by atoms with Crippen LogP contribution in [0.3, 0.4) is 0 Å². The van der Waals surface area contributed by atoms with Crippen LogP contribution in [0.15, 0.2) is 40.9 Å². The van der Waals surface area contributed by atoms with Crippen molar-refractivity contribution >= 4 is 39.0 Å². The lowest BCUT2D eigenvalue weighted by Crippen LogP contribution is -2.04. The lowest BCUT2D eigenvalue weighted by Gasteiger charge is -2.10. The van der Waals surface area contributed by atoms with Crippen LogP contribution in [0.4, 0.5) is 21.5 Å². The van der Waals surface area contributed by atoms with Crippen LogP contribution >= 0.6 is 15.9 Å². The highest BCUT2D eigenvalue weighted by molar-refractivity contribution is 9.10. The first-order valence-electron chi connectivity index (χ1n) is 5.62. The zero-order chi connectivity index (χ0) is 15.6. The first kappa shape index (κ1) is 14.9. The average Bonchev–Trinajstić information content (AvgIpc) is 2.42. The molecule has 2 aromatic rings. The lowest BCUT2D eigenvalue weighted by molar-refractivity contribution is -0.384. The number of nitrogens with zero attached hydrogens (tertiary/aromatic N) is 1. The van der Waals surface area contributed by atoms with Gasteiger partial charge in [0.2, 0.25) is 0 Å². The molecule has 0 aliphatic heterocycles. The lowest BCUT2D eigenvalue weighted by atomic mass is 10.1. The number of halogens is 2. The van der Waals surface area contributed by atoms with Crippen molar-refractivity contribution < 1.29 is 19.2 Å². The molecule has 108 valence electrons. The monoisotopic (exact) mass is 354 g/mol. The Labute approximate surface area is 126 Å². The molecule has 0 aliphatic carbocycles. The Hall–Kier alpha value is -2.48. The number of carboxylic acids is 1. The van der Waals surface area contributed by atoms with E-state index in [4.69, 9.17) is 5.11 Å². The Morgan fingerprint density at radius 1 is 1.29 bits per heavy atom. The summed E-state index contributed by atoms with van der Waals surface area (Å²) in [5.74, 6) is -1.70. The van der Waals surface area contributed by atoms with Crippen molar-refractivity contribution in [1.82, 2.24) is 0 Å². The Morgan fingerprint density at radius 2 is 2.00 bits per heavy atom. The van der Waals surface area contributed by atoms with Gasteiger partial charge in [-0.3, -0.25) is 10.1 Å². The summed E-state index contributed by atoms with van der Waals surface area (Å²) in [6.07, 6.45) is 0. The van der Waals surface area contributed by atoms with Gasteiger partial charge >= 0.3 is 5.97 Å². The van der Waals surface area contributed by atoms with Crippen LogP contribution in [-0.2, 0) is 0 Å². The smallest absolute Gasteiger partial charge is 0.337 e. The highest BCUT2D eigenvalue weighted by Crippen LogP contribution is 2.28. The molecule has 2 aromatic carbocycles. The number of anilines is 2. The summed E-state index contributed by atoms with van der Waals surface area (Å²) in [6.45, 7) is 0. The normalized spacial score (nSPS) is 10.2. The molecule has 2 N–H and O–H groups in total. The molecule has 0 bridgehead atoms. The topological polar surface area (TPSA) is 92.5 Å². The van der Waals surface area contributed by atoms with Crippen LogP contribution in [0, 0.1) is 15.9 Å². The van der Waals surface area contributed by atoms with Gasteiger partial charge in [0.25, 0.3) is 5.69 Å². The van der Waals surface area contributed by atoms with Crippen molar-refractivity contribution in [2.75, 3.05) is 5.32 Å². The van der Waals surface area contributed by atoms with E-state index in [-0.39, 0.29) is 21.4 Å². The summed E-state index contributed by atoms with van der Waals surface area (Å²) < 4.78 is 13.3. The largest absolute Gasteiger partial charge is 0.478 e. The molecule has 0 saturated heterocycles. The molecule has 0 amide bonds. The third kappa shape index (κ3) is 3.34. The van der Waals surface area contributed by atoms with Crippen molar-refractivity contribution in [2.45, 2.75) is 0 Å². The molecule has 0 aromatic heterocycles. The first-order chi connectivity index (χ1) is 9.88. The summed E-state index contributed by atoms with van der Waals surface area (Å²) in [6, 6.07) is 7.34. The third-order valence-electron chi connectivity index (χ3n) is 2.64. The minimum absolute atomic E-state index is 0.0511. The fourth-order valence-corrected chi connectivity index (χ4v) is 2.04. The zero-order valence-corrected chi connectivity index (χ0v) is 11.9. The van der Waals surface area contributed by atoms with Crippen molar-refractivity contribution in [3.63, 3.8) is 0 Å². The van der Waals surface area contributed by atoms with Gasteiger partial charge in [0.15, 0.2) is 0 Å². The number of non-ortho nitro benzene ring substituents is 1. The predicted molar refractivity (Wildman–Crippen MR) is 77.4 cm³/mol. The molecule has 0 saturated carbocycles. The average molecular weight is 355 g/mol. The van der Waals surface area contributed by atoms with E-state index in [1.807, 2.05) is 0 Å². The number of rotatable bonds is 4. The maximum absolute atomic E-state index is 13.2. The molecule has 6 nitrogen and oxygen atoms in total. The summed E-state index contributed by atoms with van der Waals surface area (Å²) in [4.78, 5) is 21.3. The molecule has 0 heterocycles. The molecule has 21 heavy (non-hydrogen) atoms. The number of carbonyl (C=O) groups is 1. The second-order valence-electron chi connectivity index (χ2n) is 4.05. The van der Waals surface area contributed by atoms with Gasteiger partial charge in [-0.25, -0.2) is 9.18 Å². The van der Waals surface area contributed by atoms with Crippen molar-refractivity contribution in [2.24, 2.45) is 0 Å². The van der Waals surface area contributed by atoms with Gasteiger partial charge in [-0.2, -0.15) is 0 Å². The van der Waals surface area contributed by atoms with Crippen LogP contribution in [0.2, 0.25) is 0 Å². The molecule has 0 atom stereocenters. The second kappa shape index (κ2) is 5.88. The van der Waals surface area contributed by atoms with Crippen LogP contribution in [0.1, 0.15) is 10.4 Å². The Balaban J connectivity index is 2.45. The van der Waals surface area contributed by atoms with E-state index in [2.05, 4.69) is 21.2 Å². The molecular formula is C13H8BrFN2O4. The van der Waals surface area contributed by atoms with E-state index in [9.17, 15) is 19.3 Å². The van der Waals surface area contributed by atoms with E-state index in [1.54, 1.807) is 0 Å². The van der Waals surface area contributed by atoms with Gasteiger partial charge < -0.3 is 10.4 Å². The summed E-state index contributed by atoms with van der Waals surface area (Å²) in [7, 11) is 0. The van der Waals surface area contributed by atoms with Crippen LogP contribution in [0.5, 0.6) is 0 Å². The second-order valence-corrected chi connectivity index (χ2v) is 4.90. The number of hydrogen-bond donors (Lipinski definition) is 2. The number of carboxylic acid groups (broad SMARTS) is 1. The summed E-state index contributed by atoms with van der Waals surface area (Å²) in [5, 5.41) is 22.6. The van der Waals surface area contributed by atoms with Crippen LogP contribution in [-0.4, -0.2) is 16.0 Å². The van der Waals surface area contributed by atoms with E-state index in [1.165, 1.54) is 18.2 Å². The predicted octanol–water partition coefficient (Wildman–Crippen LogP) is 3.94. The Bertz CT molecular complexity index is 736.